The van der Waals surface area contributed by atoms with Crippen LogP contribution in [0.1, 0.15) is 90.9 Å². The van der Waals surface area contributed by atoms with E-state index in [-0.39, 0.29) is 6.61 Å². The standard InChI is InChI=1S/C22H43N2O/c1-3-5-6-7-8-9-10-11-12-13-14-15-16-17-22-23-18-19-24(22,4-2)20-21-25/h11-12,18-19,22-23,25H,3-10,13-17,20-21H2,1-2H3/q+1/b12-11+. The third-order valence-corrected chi connectivity index (χ3v) is 5.63. The maximum Gasteiger partial charge on any atom is 0.166 e. The molecule has 25 heavy (non-hydrogen) atoms. The van der Waals surface area contributed by atoms with Gasteiger partial charge in [-0.3, -0.25) is 4.48 Å². The van der Waals surface area contributed by atoms with Crippen LogP contribution in [0.3, 0.4) is 0 Å². The van der Waals surface area contributed by atoms with Crippen LogP contribution in [0.2, 0.25) is 0 Å². The molecule has 2 atom stereocenters. The van der Waals surface area contributed by atoms with E-state index in [1.54, 1.807) is 0 Å². The van der Waals surface area contributed by atoms with E-state index in [4.69, 9.17) is 0 Å². The Balaban J connectivity index is 1.99. The van der Waals surface area contributed by atoms with Crippen LogP contribution in [0.25, 0.3) is 0 Å². The molecule has 0 spiro atoms. The van der Waals surface area contributed by atoms with Crippen LogP contribution < -0.4 is 5.32 Å². The summed E-state index contributed by atoms with van der Waals surface area (Å²) in [6, 6.07) is 0. The summed E-state index contributed by atoms with van der Waals surface area (Å²) in [6.45, 7) is 6.63. The van der Waals surface area contributed by atoms with E-state index in [0.29, 0.717) is 6.17 Å². The predicted octanol–water partition coefficient (Wildman–Crippen LogP) is 5.47. The van der Waals surface area contributed by atoms with E-state index in [1.807, 2.05) is 0 Å². The van der Waals surface area contributed by atoms with Gasteiger partial charge < -0.3 is 10.4 Å². The quantitative estimate of drug-likeness (QED) is 0.219. The van der Waals surface area contributed by atoms with Gasteiger partial charge in [-0.2, -0.15) is 0 Å². The molecule has 0 aromatic heterocycles. The predicted molar refractivity (Wildman–Crippen MR) is 109 cm³/mol. The highest BCUT2D eigenvalue weighted by molar-refractivity contribution is 4.84. The first-order chi connectivity index (χ1) is 12.3. The molecular formula is C22H43N2O+. The summed E-state index contributed by atoms with van der Waals surface area (Å²) in [4.78, 5) is 0. The Kier molecular flexibility index (Phi) is 12.8. The van der Waals surface area contributed by atoms with Crippen molar-refractivity contribution in [3.8, 4) is 0 Å². The number of aliphatic hydroxyl groups excluding tert-OH is 1. The summed E-state index contributed by atoms with van der Waals surface area (Å²) in [6.07, 6.45) is 25.5. The van der Waals surface area contributed by atoms with Gasteiger partial charge in [0.05, 0.1) is 19.4 Å². The van der Waals surface area contributed by atoms with Crippen LogP contribution in [0, 0.1) is 0 Å². The Morgan fingerprint density at radius 2 is 1.56 bits per heavy atom. The van der Waals surface area contributed by atoms with E-state index in [9.17, 15) is 5.11 Å². The number of hydrogen-bond acceptors (Lipinski definition) is 2. The van der Waals surface area contributed by atoms with E-state index < -0.39 is 0 Å². The molecule has 1 rings (SSSR count). The van der Waals surface area contributed by atoms with E-state index in [0.717, 1.165) is 17.6 Å². The summed E-state index contributed by atoms with van der Waals surface area (Å²) in [5.74, 6) is 0. The van der Waals surface area contributed by atoms with Crippen LogP contribution in [-0.4, -0.2) is 35.5 Å². The Hall–Kier alpha value is -0.800. The van der Waals surface area contributed by atoms with Crippen molar-refractivity contribution in [1.82, 2.24) is 5.32 Å². The zero-order chi connectivity index (χ0) is 18.2. The largest absolute Gasteiger partial charge is 0.390 e. The molecule has 1 heterocycles. The summed E-state index contributed by atoms with van der Waals surface area (Å²) < 4.78 is 0.897. The number of unbranched alkanes of at least 4 members (excludes halogenated alkanes) is 9. The van der Waals surface area contributed by atoms with E-state index in [1.165, 1.54) is 77.0 Å². The molecule has 3 heteroatoms. The zero-order valence-electron chi connectivity index (χ0n) is 16.9. The third kappa shape index (κ3) is 8.91. The van der Waals surface area contributed by atoms with Crippen molar-refractivity contribution in [1.29, 1.82) is 0 Å². The monoisotopic (exact) mass is 351 g/mol. The second-order valence-corrected chi connectivity index (χ2v) is 7.53. The van der Waals surface area contributed by atoms with E-state index in [2.05, 4.69) is 43.7 Å². The van der Waals surface area contributed by atoms with Gasteiger partial charge in [-0.1, -0.05) is 57.6 Å². The number of nitrogens with one attached hydrogen (secondary N) is 1. The highest BCUT2D eigenvalue weighted by Crippen LogP contribution is 2.22. The highest BCUT2D eigenvalue weighted by atomic mass is 16.3. The van der Waals surface area contributed by atoms with Crippen LogP contribution in [-0.2, 0) is 0 Å². The molecule has 1 aliphatic rings. The number of allylic oxidation sites excluding steroid dienone is 2. The molecule has 0 saturated carbocycles. The summed E-state index contributed by atoms with van der Waals surface area (Å²) >= 11 is 0. The minimum Gasteiger partial charge on any atom is -0.390 e. The molecule has 0 amide bonds. The van der Waals surface area contributed by atoms with Gasteiger partial charge in [-0.15, -0.1) is 0 Å². The second kappa shape index (κ2) is 14.4. The molecule has 0 bridgehead atoms. The minimum atomic E-state index is 0.264. The lowest BCUT2D eigenvalue weighted by atomic mass is 10.1. The molecule has 0 fully saturated rings. The second-order valence-electron chi connectivity index (χ2n) is 7.53. The Morgan fingerprint density at radius 1 is 0.920 bits per heavy atom. The SMILES string of the molecule is CCCCCCCC/C=C/CCCCCC1NC=C[N+]1(CC)CCO. The number of hydrogen-bond donors (Lipinski definition) is 2. The van der Waals surface area contributed by atoms with Gasteiger partial charge in [0.25, 0.3) is 0 Å². The first-order valence-corrected chi connectivity index (χ1v) is 10.8. The van der Waals surface area contributed by atoms with Crippen molar-refractivity contribution in [2.45, 2.75) is 97.1 Å². The molecule has 3 nitrogen and oxygen atoms in total. The number of likely N-dealkylation sites (N-methyl/N-ethyl adjacent to an activating group) is 1. The number of rotatable bonds is 16. The minimum absolute atomic E-state index is 0.264. The normalized spacial score (nSPS) is 22.8. The third-order valence-electron chi connectivity index (χ3n) is 5.63. The van der Waals surface area contributed by atoms with Gasteiger partial charge in [0.15, 0.2) is 6.17 Å². The van der Waals surface area contributed by atoms with Gasteiger partial charge in [-0.05, 0) is 39.0 Å². The topological polar surface area (TPSA) is 32.3 Å². The van der Waals surface area contributed by atoms with E-state index >= 15 is 0 Å². The number of nitrogens with zero attached hydrogens (tertiary/aromatic N) is 1. The van der Waals surface area contributed by atoms with Gasteiger partial charge in [0, 0.05) is 6.42 Å². The molecule has 146 valence electrons. The van der Waals surface area contributed by atoms with Crippen LogP contribution in [0.4, 0.5) is 0 Å². The molecular weight excluding hydrogens is 308 g/mol. The number of aliphatic hydroxyl groups is 1. The summed E-state index contributed by atoms with van der Waals surface area (Å²) in [7, 11) is 0. The van der Waals surface area contributed by atoms with Crippen molar-refractivity contribution < 1.29 is 9.59 Å². The molecule has 0 saturated heterocycles. The molecule has 0 radical (unpaired) electrons. The Bertz CT molecular complexity index is 367. The lowest BCUT2D eigenvalue weighted by molar-refractivity contribution is -0.900. The Morgan fingerprint density at radius 3 is 2.20 bits per heavy atom. The van der Waals surface area contributed by atoms with Crippen LogP contribution in [0.15, 0.2) is 24.6 Å². The van der Waals surface area contributed by atoms with Crippen molar-refractivity contribution in [2.24, 2.45) is 0 Å². The van der Waals surface area contributed by atoms with Gasteiger partial charge in [-0.25, -0.2) is 0 Å². The fourth-order valence-corrected chi connectivity index (χ4v) is 3.85. The van der Waals surface area contributed by atoms with Crippen LogP contribution >= 0.6 is 0 Å². The number of quaternary nitrogens is 1. The molecule has 0 aromatic rings. The molecule has 0 aromatic carbocycles. The smallest absolute Gasteiger partial charge is 0.166 e. The van der Waals surface area contributed by atoms with Crippen molar-refractivity contribution >= 4 is 0 Å². The average Bonchev–Trinajstić information content (AvgIpc) is 3.02. The maximum atomic E-state index is 9.34. The highest BCUT2D eigenvalue weighted by Gasteiger charge is 2.35. The summed E-state index contributed by atoms with van der Waals surface area (Å²) in [5.41, 5.74) is 0. The fourth-order valence-electron chi connectivity index (χ4n) is 3.85. The molecule has 1 aliphatic heterocycles. The molecule has 2 unspecified atom stereocenters. The van der Waals surface area contributed by atoms with Crippen molar-refractivity contribution in [2.75, 3.05) is 19.7 Å². The Labute approximate surface area is 156 Å². The zero-order valence-corrected chi connectivity index (χ0v) is 16.9. The van der Waals surface area contributed by atoms with Gasteiger partial charge >= 0.3 is 0 Å². The fraction of sp³-hybridized carbons (Fsp3) is 0.818. The lowest BCUT2D eigenvalue weighted by Crippen LogP contribution is -2.54. The van der Waals surface area contributed by atoms with Crippen LogP contribution in [0.5, 0.6) is 0 Å². The van der Waals surface area contributed by atoms with Gasteiger partial charge in [0.1, 0.15) is 12.7 Å². The maximum absolute atomic E-state index is 9.34. The van der Waals surface area contributed by atoms with Gasteiger partial charge in [0.2, 0.25) is 0 Å². The molecule has 0 aliphatic carbocycles. The average molecular weight is 352 g/mol. The molecule has 2 N–H and O–H groups in total. The van der Waals surface area contributed by atoms with Crippen molar-refractivity contribution in [3.63, 3.8) is 0 Å². The summed E-state index contributed by atoms with van der Waals surface area (Å²) in [5, 5.41) is 12.8. The first kappa shape index (κ1) is 22.2. The lowest BCUT2D eigenvalue weighted by Gasteiger charge is -2.36. The van der Waals surface area contributed by atoms with Crippen molar-refractivity contribution in [3.05, 3.63) is 24.6 Å². The first-order valence-electron chi connectivity index (χ1n) is 10.8.